The van der Waals surface area contributed by atoms with E-state index in [2.05, 4.69) is 4.74 Å². The highest BCUT2D eigenvalue weighted by atomic mass is 19.1. The summed E-state index contributed by atoms with van der Waals surface area (Å²) < 4.78 is 16.7. The van der Waals surface area contributed by atoms with Crippen LogP contribution in [0.2, 0.25) is 0 Å². The Morgan fingerprint density at radius 3 is 2.83 bits per heavy atom. The van der Waals surface area contributed by atoms with Crippen molar-refractivity contribution in [2.45, 2.75) is 0 Å². The first-order chi connectivity index (χ1) is 5.65. The second-order valence-corrected chi connectivity index (χ2v) is 2.05. The molecule has 0 atom stereocenters. The summed E-state index contributed by atoms with van der Waals surface area (Å²) in [6.45, 7) is 0. The number of ether oxygens (including phenoxy) is 1. The number of hydrogen-bond acceptors (Lipinski definition) is 3. The summed E-state index contributed by atoms with van der Waals surface area (Å²) >= 11 is 0. The van der Waals surface area contributed by atoms with E-state index in [-0.39, 0.29) is 10.4 Å². The standard InChI is InChI=1S/C7H6FNO3/c1-12-7(10)6-3-2-5(8)4-9(6)11/h2-4H,1H3. The molecule has 0 bridgehead atoms. The molecule has 0 aliphatic heterocycles. The molecular formula is C7H6FNO3. The number of pyridine rings is 1. The normalized spacial score (nSPS) is 9.50. The Hall–Kier alpha value is -1.65. The number of aromatic nitrogens is 1. The number of methoxy groups -OCH3 is 1. The van der Waals surface area contributed by atoms with Gasteiger partial charge in [-0.1, -0.05) is 0 Å². The number of rotatable bonds is 1. The zero-order valence-corrected chi connectivity index (χ0v) is 6.28. The van der Waals surface area contributed by atoms with Gasteiger partial charge in [-0.05, 0) is 6.07 Å². The smallest absolute Gasteiger partial charge is 0.404 e. The minimum absolute atomic E-state index is 0.126. The van der Waals surface area contributed by atoms with Gasteiger partial charge in [-0.25, -0.2) is 9.18 Å². The molecule has 64 valence electrons. The first-order valence-electron chi connectivity index (χ1n) is 3.12. The summed E-state index contributed by atoms with van der Waals surface area (Å²) in [7, 11) is 1.14. The van der Waals surface area contributed by atoms with Crippen LogP contribution in [0.25, 0.3) is 0 Å². The van der Waals surface area contributed by atoms with Gasteiger partial charge in [-0.2, -0.15) is 4.73 Å². The van der Waals surface area contributed by atoms with Gasteiger partial charge >= 0.3 is 11.7 Å². The van der Waals surface area contributed by atoms with Gasteiger partial charge in [-0.3, -0.25) is 0 Å². The molecule has 0 aromatic carbocycles. The fourth-order valence-corrected chi connectivity index (χ4v) is 0.719. The second kappa shape index (κ2) is 3.17. The topological polar surface area (TPSA) is 53.2 Å². The minimum Gasteiger partial charge on any atom is -0.618 e. The van der Waals surface area contributed by atoms with Crippen LogP contribution in [0.1, 0.15) is 10.5 Å². The van der Waals surface area contributed by atoms with Crippen LogP contribution in [0.4, 0.5) is 4.39 Å². The van der Waals surface area contributed by atoms with E-state index >= 15 is 0 Å². The molecule has 0 aliphatic rings. The minimum atomic E-state index is -0.787. The van der Waals surface area contributed by atoms with Crippen molar-refractivity contribution in [3.63, 3.8) is 0 Å². The molecule has 0 N–H and O–H groups in total. The van der Waals surface area contributed by atoms with Crippen LogP contribution in [0.15, 0.2) is 18.3 Å². The molecular weight excluding hydrogens is 165 g/mol. The van der Waals surface area contributed by atoms with E-state index in [1.165, 1.54) is 0 Å². The van der Waals surface area contributed by atoms with Gasteiger partial charge in [-0.15, -0.1) is 0 Å². The maximum Gasteiger partial charge on any atom is 0.404 e. The van der Waals surface area contributed by atoms with Crippen molar-refractivity contribution >= 4 is 5.97 Å². The SMILES string of the molecule is COC(=O)c1ccc(F)c[n+]1[O-]. The van der Waals surface area contributed by atoms with Crippen molar-refractivity contribution < 1.29 is 18.7 Å². The van der Waals surface area contributed by atoms with E-state index in [1.807, 2.05) is 0 Å². The highest BCUT2D eigenvalue weighted by molar-refractivity contribution is 5.85. The van der Waals surface area contributed by atoms with Crippen LogP contribution < -0.4 is 4.73 Å². The number of halogens is 1. The number of nitrogens with zero attached hydrogens (tertiary/aromatic N) is 1. The van der Waals surface area contributed by atoms with Crippen LogP contribution >= 0.6 is 0 Å². The summed E-state index contributed by atoms with van der Waals surface area (Å²) in [5, 5.41) is 10.8. The molecule has 1 aromatic rings. The first-order valence-corrected chi connectivity index (χ1v) is 3.12. The quantitative estimate of drug-likeness (QED) is 0.345. The summed E-state index contributed by atoms with van der Waals surface area (Å²) in [6.07, 6.45) is 0.659. The molecule has 5 heteroatoms. The van der Waals surface area contributed by atoms with Crippen molar-refractivity contribution in [3.8, 4) is 0 Å². The number of hydrogen-bond donors (Lipinski definition) is 0. The van der Waals surface area contributed by atoms with Gasteiger partial charge < -0.3 is 9.94 Å². The maximum atomic E-state index is 12.3. The average Bonchev–Trinajstić information content (AvgIpc) is 2.03. The third-order valence-electron chi connectivity index (χ3n) is 1.27. The highest BCUT2D eigenvalue weighted by Crippen LogP contribution is 1.97. The summed E-state index contributed by atoms with van der Waals surface area (Å²) in [5.74, 6) is -1.48. The molecule has 0 aliphatic carbocycles. The van der Waals surface area contributed by atoms with Crippen molar-refractivity contribution in [1.82, 2.24) is 0 Å². The van der Waals surface area contributed by atoms with Gasteiger partial charge in [0.2, 0.25) is 6.20 Å². The zero-order chi connectivity index (χ0) is 9.14. The van der Waals surface area contributed by atoms with Gasteiger partial charge in [0, 0.05) is 6.07 Å². The van der Waals surface area contributed by atoms with E-state index in [1.54, 1.807) is 0 Å². The van der Waals surface area contributed by atoms with Gasteiger partial charge in [0.15, 0.2) is 5.82 Å². The molecule has 4 nitrogen and oxygen atoms in total. The van der Waals surface area contributed by atoms with Crippen molar-refractivity contribution in [1.29, 1.82) is 0 Å². The number of esters is 1. The molecule has 1 aromatic heterocycles. The van der Waals surface area contributed by atoms with Crippen LogP contribution in [-0.4, -0.2) is 13.1 Å². The first kappa shape index (κ1) is 8.45. The molecule has 12 heavy (non-hydrogen) atoms. The molecule has 0 saturated carbocycles. The second-order valence-electron chi connectivity index (χ2n) is 2.05. The molecule has 0 spiro atoms. The Kier molecular flexibility index (Phi) is 2.23. The lowest BCUT2D eigenvalue weighted by Gasteiger charge is -2.00. The van der Waals surface area contributed by atoms with E-state index in [0.717, 1.165) is 19.2 Å². The number of carbonyl (C=O) groups is 1. The molecule has 0 saturated heterocycles. The largest absolute Gasteiger partial charge is 0.618 e. The Morgan fingerprint density at radius 1 is 1.67 bits per heavy atom. The summed E-state index contributed by atoms with van der Waals surface area (Å²) in [4.78, 5) is 10.8. The van der Waals surface area contributed by atoms with Crippen molar-refractivity contribution in [3.05, 3.63) is 35.0 Å². The Balaban J connectivity index is 3.09. The lowest BCUT2D eigenvalue weighted by Crippen LogP contribution is -2.35. The highest BCUT2D eigenvalue weighted by Gasteiger charge is 2.16. The monoisotopic (exact) mass is 171 g/mol. The fourth-order valence-electron chi connectivity index (χ4n) is 0.719. The Bertz CT molecular complexity index is 314. The van der Waals surface area contributed by atoms with Gasteiger partial charge in [0.25, 0.3) is 0 Å². The molecule has 1 rings (SSSR count). The fraction of sp³-hybridized carbons (Fsp3) is 0.143. The molecule has 0 amide bonds. The van der Waals surface area contributed by atoms with E-state index in [4.69, 9.17) is 0 Å². The summed E-state index contributed by atoms with van der Waals surface area (Å²) in [5.41, 5.74) is -0.237. The van der Waals surface area contributed by atoms with E-state index in [9.17, 15) is 14.4 Å². The van der Waals surface area contributed by atoms with Crippen LogP contribution in [0.3, 0.4) is 0 Å². The zero-order valence-electron chi connectivity index (χ0n) is 6.28. The average molecular weight is 171 g/mol. The van der Waals surface area contributed by atoms with Crippen LogP contribution in [0, 0.1) is 11.0 Å². The van der Waals surface area contributed by atoms with Gasteiger partial charge in [0.05, 0.1) is 7.11 Å². The Morgan fingerprint density at radius 2 is 2.33 bits per heavy atom. The van der Waals surface area contributed by atoms with Crippen molar-refractivity contribution in [2.24, 2.45) is 0 Å². The van der Waals surface area contributed by atoms with E-state index < -0.39 is 11.8 Å². The van der Waals surface area contributed by atoms with Crippen LogP contribution in [0.5, 0.6) is 0 Å². The van der Waals surface area contributed by atoms with Crippen molar-refractivity contribution in [2.75, 3.05) is 7.11 Å². The summed E-state index contributed by atoms with van der Waals surface area (Å²) in [6, 6.07) is 2.08. The van der Waals surface area contributed by atoms with Gasteiger partial charge in [0.1, 0.15) is 0 Å². The lowest BCUT2D eigenvalue weighted by atomic mass is 10.3. The maximum absolute atomic E-state index is 12.3. The lowest BCUT2D eigenvalue weighted by molar-refractivity contribution is -0.610. The third kappa shape index (κ3) is 1.50. The predicted octanol–water partition coefficient (Wildman–Crippen LogP) is 0.246. The third-order valence-corrected chi connectivity index (χ3v) is 1.27. The predicted molar refractivity (Wildman–Crippen MR) is 36.7 cm³/mol. The number of carbonyl (C=O) groups excluding carboxylic acids is 1. The molecule has 0 fully saturated rings. The van der Waals surface area contributed by atoms with Crippen LogP contribution in [-0.2, 0) is 4.74 Å². The molecule has 1 heterocycles. The Labute approximate surface area is 67.8 Å². The molecule has 0 unspecified atom stereocenters. The molecule has 0 radical (unpaired) electrons. The van der Waals surface area contributed by atoms with E-state index in [0.29, 0.717) is 6.20 Å².